The molecular formula is C18H17FN4O3S. The van der Waals surface area contributed by atoms with E-state index < -0.39 is 15.9 Å². The fourth-order valence-electron chi connectivity index (χ4n) is 2.66. The summed E-state index contributed by atoms with van der Waals surface area (Å²) >= 11 is 0. The number of carbonyl (C=O) groups excluding carboxylic acids is 1. The Morgan fingerprint density at radius 2 is 1.81 bits per heavy atom. The molecule has 0 spiro atoms. The van der Waals surface area contributed by atoms with Gasteiger partial charge in [-0.2, -0.15) is 5.10 Å². The number of nitrogens with one attached hydrogen (secondary N) is 1. The first-order valence-electron chi connectivity index (χ1n) is 7.92. The van der Waals surface area contributed by atoms with E-state index in [0.29, 0.717) is 28.2 Å². The summed E-state index contributed by atoms with van der Waals surface area (Å²) in [5.41, 5.74) is 2.24. The van der Waals surface area contributed by atoms with Crippen molar-refractivity contribution in [1.82, 2.24) is 9.78 Å². The minimum atomic E-state index is -3.90. The quantitative estimate of drug-likeness (QED) is 0.716. The molecule has 3 N–H and O–H groups in total. The van der Waals surface area contributed by atoms with Crippen molar-refractivity contribution in [2.24, 2.45) is 5.14 Å². The van der Waals surface area contributed by atoms with Crippen molar-refractivity contribution < 1.29 is 17.6 Å². The summed E-state index contributed by atoms with van der Waals surface area (Å²) in [4.78, 5) is 12.5. The van der Waals surface area contributed by atoms with Crippen molar-refractivity contribution in [3.63, 3.8) is 0 Å². The molecule has 0 atom stereocenters. The van der Waals surface area contributed by atoms with Gasteiger partial charge in [0.25, 0.3) is 5.91 Å². The summed E-state index contributed by atoms with van der Waals surface area (Å²) in [6, 6.07) is 10.2. The zero-order valence-electron chi connectivity index (χ0n) is 14.6. The molecule has 0 radical (unpaired) electrons. The Labute approximate surface area is 155 Å². The van der Waals surface area contributed by atoms with Crippen LogP contribution in [0.15, 0.2) is 53.6 Å². The smallest absolute Gasteiger partial charge is 0.259 e. The highest BCUT2D eigenvalue weighted by molar-refractivity contribution is 7.89. The maximum Gasteiger partial charge on any atom is 0.259 e. The lowest BCUT2D eigenvalue weighted by Gasteiger charge is -2.09. The second-order valence-corrected chi connectivity index (χ2v) is 7.54. The van der Waals surface area contributed by atoms with E-state index in [1.807, 2.05) is 0 Å². The molecule has 9 heteroatoms. The summed E-state index contributed by atoms with van der Waals surface area (Å²) in [7, 11) is -3.90. The van der Waals surface area contributed by atoms with Gasteiger partial charge in [0.1, 0.15) is 5.82 Å². The fraction of sp³-hybridized carbons (Fsp3) is 0.111. The number of primary sulfonamides is 1. The minimum absolute atomic E-state index is 0.0565. The number of amides is 1. The molecule has 0 saturated heterocycles. The van der Waals surface area contributed by atoms with Crippen LogP contribution < -0.4 is 10.5 Å². The van der Waals surface area contributed by atoms with Gasteiger partial charge in [-0.1, -0.05) is 6.07 Å². The maximum absolute atomic E-state index is 13.1. The van der Waals surface area contributed by atoms with Crippen LogP contribution in [0.5, 0.6) is 0 Å². The summed E-state index contributed by atoms with van der Waals surface area (Å²) in [5.74, 6) is -0.823. The molecular weight excluding hydrogens is 371 g/mol. The third-order valence-corrected chi connectivity index (χ3v) is 5.13. The van der Waals surface area contributed by atoms with E-state index in [1.165, 1.54) is 29.1 Å². The number of anilines is 1. The van der Waals surface area contributed by atoms with Crippen LogP contribution in [0.2, 0.25) is 0 Å². The number of benzene rings is 2. The van der Waals surface area contributed by atoms with Crippen LogP contribution in [0.25, 0.3) is 5.69 Å². The van der Waals surface area contributed by atoms with Crippen LogP contribution in [0.3, 0.4) is 0 Å². The molecule has 1 heterocycles. The third kappa shape index (κ3) is 3.88. The van der Waals surface area contributed by atoms with Crippen LogP contribution in [-0.2, 0) is 10.0 Å². The molecule has 1 aromatic heterocycles. The molecule has 3 rings (SSSR count). The Morgan fingerprint density at radius 3 is 2.44 bits per heavy atom. The number of halogens is 1. The lowest BCUT2D eigenvalue weighted by molar-refractivity contribution is 0.102. The zero-order valence-corrected chi connectivity index (χ0v) is 15.4. The number of rotatable bonds is 4. The molecule has 0 aliphatic carbocycles. The van der Waals surface area contributed by atoms with Crippen LogP contribution in [0.1, 0.15) is 21.6 Å². The summed E-state index contributed by atoms with van der Waals surface area (Å²) < 4.78 is 37.8. The molecule has 7 nitrogen and oxygen atoms in total. The summed E-state index contributed by atoms with van der Waals surface area (Å²) in [6.07, 6.45) is 1.39. The average molecular weight is 388 g/mol. The lowest BCUT2D eigenvalue weighted by atomic mass is 10.2. The normalized spacial score (nSPS) is 11.4. The van der Waals surface area contributed by atoms with E-state index >= 15 is 0 Å². The molecule has 0 unspecified atom stereocenters. The number of sulfonamides is 1. The Balaban J connectivity index is 1.89. The molecule has 0 aliphatic heterocycles. The number of nitrogens with two attached hydrogens (primary N) is 1. The van der Waals surface area contributed by atoms with Gasteiger partial charge in [0.15, 0.2) is 0 Å². The van der Waals surface area contributed by atoms with E-state index in [-0.39, 0.29) is 10.7 Å². The molecule has 0 bridgehead atoms. The molecule has 2 aromatic carbocycles. The van der Waals surface area contributed by atoms with Gasteiger partial charge < -0.3 is 5.32 Å². The second-order valence-electron chi connectivity index (χ2n) is 6.01. The molecule has 1 amide bonds. The van der Waals surface area contributed by atoms with Crippen LogP contribution in [-0.4, -0.2) is 24.1 Å². The molecule has 3 aromatic rings. The van der Waals surface area contributed by atoms with Gasteiger partial charge in [-0.05, 0) is 55.8 Å². The Morgan fingerprint density at radius 1 is 1.15 bits per heavy atom. The first-order chi connectivity index (χ1) is 12.7. The summed E-state index contributed by atoms with van der Waals surface area (Å²) in [6.45, 7) is 3.32. The number of nitrogens with zero attached hydrogens (tertiary/aromatic N) is 2. The topological polar surface area (TPSA) is 107 Å². The maximum atomic E-state index is 13.1. The van der Waals surface area contributed by atoms with E-state index in [2.05, 4.69) is 10.4 Å². The highest BCUT2D eigenvalue weighted by atomic mass is 32.2. The van der Waals surface area contributed by atoms with Crippen molar-refractivity contribution in [2.75, 3.05) is 5.32 Å². The van der Waals surface area contributed by atoms with Crippen LogP contribution in [0, 0.1) is 19.7 Å². The van der Waals surface area contributed by atoms with E-state index in [1.54, 1.807) is 38.1 Å². The average Bonchev–Trinajstić information content (AvgIpc) is 2.98. The number of aryl methyl sites for hydroxylation is 1. The van der Waals surface area contributed by atoms with Gasteiger partial charge in [-0.15, -0.1) is 0 Å². The molecule has 0 saturated carbocycles. The number of aromatic nitrogens is 2. The number of hydrogen-bond donors (Lipinski definition) is 2. The molecule has 27 heavy (non-hydrogen) atoms. The summed E-state index contributed by atoms with van der Waals surface area (Å²) in [5, 5.41) is 12.0. The van der Waals surface area contributed by atoms with Gasteiger partial charge in [0, 0.05) is 5.69 Å². The number of hydrogen-bond acceptors (Lipinski definition) is 4. The molecule has 140 valence electrons. The first-order valence-corrected chi connectivity index (χ1v) is 9.47. The van der Waals surface area contributed by atoms with Crippen molar-refractivity contribution in [2.45, 2.75) is 18.7 Å². The fourth-order valence-corrected chi connectivity index (χ4v) is 3.47. The predicted octanol–water partition coefficient (Wildman–Crippen LogP) is 2.53. The lowest BCUT2D eigenvalue weighted by Crippen LogP contribution is -2.16. The zero-order chi connectivity index (χ0) is 19.8. The highest BCUT2D eigenvalue weighted by Gasteiger charge is 2.17. The molecule has 0 aliphatic rings. The Kier molecular flexibility index (Phi) is 4.81. The standard InChI is InChI=1S/C18H17FN4O3S/c1-11-3-6-14(9-17(11)27(20,25)26)22-18(24)16-10-21-23(12(16)2)15-7-4-13(19)5-8-15/h3-10H,1-2H3,(H,22,24)(H2,20,25,26). The van der Waals surface area contributed by atoms with E-state index in [0.717, 1.165) is 0 Å². The SMILES string of the molecule is Cc1ccc(NC(=O)c2cnn(-c3ccc(F)cc3)c2C)cc1S(N)(=O)=O. The van der Waals surface area contributed by atoms with Crippen molar-refractivity contribution in [3.05, 3.63) is 71.3 Å². The minimum Gasteiger partial charge on any atom is -0.322 e. The second kappa shape index (κ2) is 6.93. The van der Waals surface area contributed by atoms with Crippen molar-refractivity contribution in [1.29, 1.82) is 0 Å². The Hall–Kier alpha value is -3.04. The van der Waals surface area contributed by atoms with Gasteiger partial charge in [-0.3, -0.25) is 4.79 Å². The third-order valence-electron chi connectivity index (χ3n) is 4.08. The highest BCUT2D eigenvalue weighted by Crippen LogP contribution is 2.21. The van der Waals surface area contributed by atoms with Gasteiger partial charge >= 0.3 is 0 Å². The predicted molar refractivity (Wildman–Crippen MR) is 98.8 cm³/mol. The Bertz CT molecular complexity index is 1120. The van der Waals surface area contributed by atoms with Gasteiger partial charge in [0.05, 0.1) is 28.0 Å². The molecule has 0 fully saturated rings. The monoisotopic (exact) mass is 388 g/mol. The van der Waals surface area contributed by atoms with Crippen LogP contribution in [0.4, 0.5) is 10.1 Å². The van der Waals surface area contributed by atoms with Crippen LogP contribution >= 0.6 is 0 Å². The van der Waals surface area contributed by atoms with E-state index in [9.17, 15) is 17.6 Å². The number of carbonyl (C=O) groups is 1. The van der Waals surface area contributed by atoms with Crippen molar-refractivity contribution >= 4 is 21.6 Å². The largest absolute Gasteiger partial charge is 0.322 e. The van der Waals surface area contributed by atoms with Gasteiger partial charge in [-0.25, -0.2) is 22.6 Å². The van der Waals surface area contributed by atoms with Gasteiger partial charge in [0.2, 0.25) is 10.0 Å². The first kappa shape index (κ1) is 18.7. The van der Waals surface area contributed by atoms with E-state index in [4.69, 9.17) is 5.14 Å². The van der Waals surface area contributed by atoms with Crippen molar-refractivity contribution in [3.8, 4) is 5.69 Å².